The van der Waals surface area contributed by atoms with Crippen molar-refractivity contribution in [3.63, 3.8) is 0 Å². The van der Waals surface area contributed by atoms with Crippen LogP contribution >= 0.6 is 0 Å². The van der Waals surface area contributed by atoms with Gasteiger partial charge in [0.2, 0.25) is 0 Å². The maximum Gasteiger partial charge on any atom is 0.117 e. The van der Waals surface area contributed by atoms with E-state index in [1.807, 2.05) is 6.20 Å². The van der Waals surface area contributed by atoms with Crippen molar-refractivity contribution < 1.29 is 0 Å². The summed E-state index contributed by atoms with van der Waals surface area (Å²) in [5, 5.41) is 5.78. The largest absolute Gasteiger partial charge is 0.256 e. The van der Waals surface area contributed by atoms with Gasteiger partial charge in [-0.25, -0.2) is 0 Å². The molecule has 0 N–H and O–H groups in total. The van der Waals surface area contributed by atoms with Gasteiger partial charge in [-0.2, -0.15) is 0 Å². The minimum Gasteiger partial charge on any atom is -0.256 e. The van der Waals surface area contributed by atoms with Gasteiger partial charge in [0.15, 0.2) is 0 Å². The fourth-order valence-corrected chi connectivity index (χ4v) is 9.72. The van der Waals surface area contributed by atoms with Gasteiger partial charge in [0.1, 0.15) is 8.07 Å². The van der Waals surface area contributed by atoms with Crippen LogP contribution in [0.2, 0.25) is 13.1 Å². The highest BCUT2D eigenvalue weighted by atomic mass is 28.3. The Hall–Kier alpha value is -2.71. The minimum absolute atomic E-state index is 0.0634. The number of hydrogen-bond donors (Lipinski definition) is 0. The SMILES string of the molecule is CC(C)Cc1cccc2c1[Si](C)(C)c1c-2ccnc1-c1cc(C(C)(C)C)c2ccccc2c1. The van der Waals surface area contributed by atoms with Gasteiger partial charge >= 0.3 is 0 Å². The molecule has 2 heteroatoms. The molecule has 0 atom stereocenters. The molecule has 1 aliphatic heterocycles. The molecule has 0 spiro atoms. The molecule has 2 heterocycles. The maximum absolute atomic E-state index is 5.05. The summed E-state index contributed by atoms with van der Waals surface area (Å²) in [4.78, 5) is 5.05. The van der Waals surface area contributed by atoms with E-state index in [1.165, 1.54) is 49.5 Å². The van der Waals surface area contributed by atoms with Gasteiger partial charge in [-0.05, 0) is 79.4 Å². The molecule has 0 unspecified atom stereocenters. The predicted octanol–water partition coefficient (Wildman–Crippen LogP) is 7.20. The van der Waals surface area contributed by atoms with Crippen molar-refractivity contribution in [1.82, 2.24) is 4.98 Å². The van der Waals surface area contributed by atoms with Gasteiger partial charge in [0.25, 0.3) is 0 Å². The summed E-state index contributed by atoms with van der Waals surface area (Å²) >= 11 is 0. The van der Waals surface area contributed by atoms with Crippen molar-refractivity contribution in [2.45, 2.75) is 59.5 Å². The van der Waals surface area contributed by atoms with Crippen LogP contribution in [0.25, 0.3) is 33.2 Å². The second-order valence-corrected chi connectivity index (χ2v) is 15.9. The van der Waals surface area contributed by atoms with Crippen molar-refractivity contribution in [3.8, 4) is 22.4 Å². The molecule has 0 amide bonds. The Labute approximate surface area is 199 Å². The van der Waals surface area contributed by atoms with E-state index in [1.54, 1.807) is 5.19 Å². The van der Waals surface area contributed by atoms with Gasteiger partial charge in [0, 0.05) is 11.8 Å². The topological polar surface area (TPSA) is 12.9 Å². The normalized spacial score (nSPS) is 14.5. The van der Waals surface area contributed by atoms with Crippen LogP contribution < -0.4 is 10.4 Å². The van der Waals surface area contributed by atoms with E-state index in [9.17, 15) is 0 Å². The van der Waals surface area contributed by atoms with Crippen molar-refractivity contribution in [3.05, 3.63) is 78.0 Å². The lowest BCUT2D eigenvalue weighted by atomic mass is 9.82. The fraction of sp³-hybridized carbons (Fsp3) is 0.323. The number of fused-ring (bicyclic) bond motifs is 4. The van der Waals surface area contributed by atoms with Crippen LogP contribution in [-0.4, -0.2) is 13.1 Å². The molecule has 168 valence electrons. The summed E-state index contributed by atoms with van der Waals surface area (Å²) in [7, 11) is -1.91. The highest BCUT2D eigenvalue weighted by molar-refractivity contribution is 7.04. The molecule has 1 aromatic heterocycles. The average molecular weight is 450 g/mol. The highest BCUT2D eigenvalue weighted by Crippen LogP contribution is 2.37. The Morgan fingerprint density at radius 3 is 2.30 bits per heavy atom. The van der Waals surface area contributed by atoms with E-state index in [2.05, 4.69) is 108 Å². The molecule has 33 heavy (non-hydrogen) atoms. The summed E-state index contributed by atoms with van der Waals surface area (Å²) < 4.78 is 0. The fourth-order valence-electron chi connectivity index (χ4n) is 5.90. The lowest BCUT2D eigenvalue weighted by molar-refractivity contribution is 0.596. The Morgan fingerprint density at radius 1 is 0.848 bits per heavy atom. The molecule has 5 rings (SSSR count). The molecule has 0 fully saturated rings. The van der Waals surface area contributed by atoms with Gasteiger partial charge in [-0.1, -0.05) is 90.2 Å². The van der Waals surface area contributed by atoms with Crippen LogP contribution in [-0.2, 0) is 11.8 Å². The zero-order valence-corrected chi connectivity index (χ0v) is 22.1. The third-order valence-electron chi connectivity index (χ3n) is 7.21. The summed E-state index contributed by atoms with van der Waals surface area (Å²) in [6.45, 7) is 16.6. The Balaban J connectivity index is 1.79. The Bertz CT molecular complexity index is 1370. The van der Waals surface area contributed by atoms with Crippen molar-refractivity contribution in [2.75, 3.05) is 0 Å². The zero-order chi connectivity index (χ0) is 23.5. The van der Waals surface area contributed by atoms with Crippen molar-refractivity contribution in [2.24, 2.45) is 5.92 Å². The maximum atomic E-state index is 5.05. The molecular weight excluding hydrogens is 414 g/mol. The number of hydrogen-bond acceptors (Lipinski definition) is 1. The van der Waals surface area contributed by atoms with Crippen LogP contribution in [0.1, 0.15) is 45.7 Å². The minimum atomic E-state index is -1.91. The number of nitrogens with zero attached hydrogens (tertiary/aromatic N) is 1. The Morgan fingerprint density at radius 2 is 1.58 bits per heavy atom. The zero-order valence-electron chi connectivity index (χ0n) is 21.1. The lowest BCUT2D eigenvalue weighted by Gasteiger charge is -2.26. The third kappa shape index (κ3) is 3.56. The van der Waals surface area contributed by atoms with Crippen LogP contribution in [0.4, 0.5) is 0 Å². The predicted molar refractivity (Wildman–Crippen MR) is 147 cm³/mol. The third-order valence-corrected chi connectivity index (χ3v) is 10.8. The van der Waals surface area contributed by atoms with Crippen molar-refractivity contribution >= 4 is 29.2 Å². The number of pyridine rings is 1. The smallest absolute Gasteiger partial charge is 0.117 e. The van der Waals surface area contributed by atoms with Crippen LogP contribution in [0, 0.1) is 5.92 Å². The first-order valence-electron chi connectivity index (χ1n) is 12.2. The molecular formula is C31H35NSi. The monoisotopic (exact) mass is 449 g/mol. The van der Waals surface area contributed by atoms with E-state index >= 15 is 0 Å². The molecule has 0 bridgehead atoms. The summed E-state index contributed by atoms with van der Waals surface area (Å²) in [5.41, 5.74) is 8.29. The summed E-state index contributed by atoms with van der Waals surface area (Å²) in [6.07, 6.45) is 3.16. The van der Waals surface area contributed by atoms with Gasteiger partial charge in [-0.15, -0.1) is 0 Å². The highest BCUT2D eigenvalue weighted by Gasteiger charge is 2.41. The van der Waals surface area contributed by atoms with E-state index in [-0.39, 0.29) is 5.41 Å². The van der Waals surface area contributed by atoms with E-state index in [4.69, 9.17) is 4.98 Å². The van der Waals surface area contributed by atoms with Gasteiger partial charge in [0.05, 0.1) is 5.69 Å². The summed E-state index contributed by atoms with van der Waals surface area (Å²) in [6, 6.07) is 22.8. The van der Waals surface area contributed by atoms with Gasteiger partial charge < -0.3 is 0 Å². The average Bonchev–Trinajstić information content (AvgIpc) is 3.00. The summed E-state index contributed by atoms with van der Waals surface area (Å²) in [5.74, 6) is 0.650. The molecule has 1 nitrogen and oxygen atoms in total. The quantitative estimate of drug-likeness (QED) is 0.301. The van der Waals surface area contributed by atoms with E-state index in [0.29, 0.717) is 5.92 Å². The number of rotatable bonds is 3. The Kier molecular flexibility index (Phi) is 5.13. The molecule has 1 aliphatic rings. The second kappa shape index (κ2) is 7.67. The van der Waals surface area contributed by atoms with Crippen LogP contribution in [0.3, 0.4) is 0 Å². The van der Waals surface area contributed by atoms with Gasteiger partial charge in [-0.3, -0.25) is 4.98 Å². The van der Waals surface area contributed by atoms with Crippen LogP contribution in [0.15, 0.2) is 66.9 Å². The molecule has 0 radical (unpaired) electrons. The molecule has 0 aliphatic carbocycles. The van der Waals surface area contributed by atoms with Crippen molar-refractivity contribution in [1.29, 1.82) is 0 Å². The molecule has 0 saturated heterocycles. The van der Waals surface area contributed by atoms with E-state index in [0.717, 1.165) is 6.42 Å². The first-order valence-corrected chi connectivity index (χ1v) is 15.2. The standard InChI is InChI=1S/C31H35NSi/c1-20(2)17-22-12-10-14-25-26-15-16-32-28(30(26)33(6,7)29(22)25)23-18-21-11-8-9-13-24(21)27(19-23)31(3,4)5/h8-16,18-20H,17H2,1-7H3. The number of aromatic nitrogens is 1. The molecule has 0 saturated carbocycles. The van der Waals surface area contributed by atoms with E-state index < -0.39 is 8.07 Å². The van der Waals surface area contributed by atoms with Crippen LogP contribution in [0.5, 0.6) is 0 Å². The molecule has 4 aromatic rings. The second-order valence-electron chi connectivity index (χ2n) is 11.6. The molecule has 3 aromatic carbocycles. The lowest BCUT2D eigenvalue weighted by Crippen LogP contribution is -2.51. The first kappa shape index (κ1) is 22.1. The number of benzene rings is 3. The first-order chi connectivity index (χ1) is 15.6.